The van der Waals surface area contributed by atoms with Crippen molar-refractivity contribution in [3.63, 3.8) is 0 Å². The number of amides is 6. The van der Waals surface area contributed by atoms with Gasteiger partial charge >= 0.3 is 0 Å². The summed E-state index contributed by atoms with van der Waals surface area (Å²) in [4.78, 5) is 95.0. The van der Waals surface area contributed by atoms with Crippen molar-refractivity contribution in [2.45, 2.75) is 80.1 Å². The van der Waals surface area contributed by atoms with Gasteiger partial charge in [-0.15, -0.1) is 0 Å². The van der Waals surface area contributed by atoms with Crippen LogP contribution in [0.1, 0.15) is 80.1 Å². The summed E-state index contributed by atoms with van der Waals surface area (Å²) < 4.78 is 0. The number of hydrogen-bond acceptors (Lipinski definition) is 18. The fourth-order valence-corrected chi connectivity index (χ4v) is 4.85. The average molecular weight is 817 g/mol. The van der Waals surface area contributed by atoms with Crippen LogP contribution in [0.2, 0.25) is 0 Å². The average Bonchev–Trinajstić information content (AvgIpc) is 3.17. The zero-order valence-corrected chi connectivity index (χ0v) is 33.7. The molecule has 324 valence electrons. The van der Waals surface area contributed by atoms with Crippen LogP contribution < -0.4 is 14.7 Å². The summed E-state index contributed by atoms with van der Waals surface area (Å²) >= 11 is 0. The Balaban J connectivity index is 4.26. The lowest BCUT2D eigenvalue weighted by atomic mass is 10.3. The molecule has 24 heteroatoms. The fourth-order valence-electron chi connectivity index (χ4n) is 4.85. The minimum atomic E-state index is -0.950. The minimum Gasteiger partial charge on any atom is -0.322 e. The smallest absolute Gasteiger partial charge is 0.265 e. The number of hydrogen-bond donors (Lipinski definition) is 6. The lowest BCUT2D eigenvalue weighted by Gasteiger charge is -2.30. The third kappa shape index (κ3) is 16.9. The molecule has 1 rings (SSSR count). The third-order valence-corrected chi connectivity index (χ3v) is 7.75. The molecule has 1 aromatic heterocycles. The van der Waals surface area contributed by atoms with Crippen molar-refractivity contribution in [1.82, 2.24) is 45.3 Å². The molecule has 0 fully saturated rings. The van der Waals surface area contributed by atoms with Crippen LogP contribution in [0.5, 0.6) is 0 Å². The Hall–Kier alpha value is -5.01. The monoisotopic (exact) mass is 816 g/mol. The van der Waals surface area contributed by atoms with Gasteiger partial charge in [-0.3, -0.25) is 60.0 Å². The molecule has 0 radical (unpaired) electrons. The molecule has 0 spiro atoms. The molecule has 6 amide bonds. The van der Waals surface area contributed by atoms with Crippen LogP contribution in [-0.4, -0.2) is 191 Å². The number of anilines is 3. The summed E-state index contributed by atoms with van der Waals surface area (Å²) in [5.41, 5.74) is 0. The first-order valence-electron chi connectivity index (χ1n) is 18.9. The summed E-state index contributed by atoms with van der Waals surface area (Å²) in [5, 5.41) is 64.6. The van der Waals surface area contributed by atoms with E-state index in [1.807, 2.05) is 0 Å². The van der Waals surface area contributed by atoms with Gasteiger partial charge in [0, 0.05) is 39.3 Å². The van der Waals surface area contributed by atoms with E-state index in [-0.39, 0.29) is 39.3 Å². The van der Waals surface area contributed by atoms with Gasteiger partial charge in [-0.1, -0.05) is 41.5 Å². The second-order valence-corrected chi connectivity index (χ2v) is 12.9. The largest absolute Gasteiger partial charge is 0.322 e. The summed E-state index contributed by atoms with van der Waals surface area (Å²) in [6.45, 7) is 4.68. The van der Waals surface area contributed by atoms with Crippen LogP contribution in [0.3, 0.4) is 0 Å². The summed E-state index contributed by atoms with van der Waals surface area (Å²) in [6.07, 6.45) is 2.06. The standard InChI is InChI=1S/C33H60N12O12/c1-7-13-40(52)25(46)19-37(20-26(47)41(53)14-8-2)31-34-32(38(21-27(48)42(54)15-9-3)22-28(49)43(55)16-10-4)36-33(35-31)39(23-29(50)44(56)17-11-5)24-30(51)45(57)18-12-6/h52-57H,7-24H2,1-6H3. The van der Waals surface area contributed by atoms with Crippen molar-refractivity contribution in [3.05, 3.63) is 0 Å². The quantitative estimate of drug-likeness (QED) is 0.0505. The van der Waals surface area contributed by atoms with Crippen LogP contribution in [0.15, 0.2) is 0 Å². The molecule has 24 nitrogen and oxygen atoms in total. The van der Waals surface area contributed by atoms with E-state index in [4.69, 9.17) is 0 Å². The number of aromatic nitrogens is 3. The van der Waals surface area contributed by atoms with Gasteiger partial charge in [-0.25, -0.2) is 30.4 Å². The minimum absolute atomic E-state index is 0.109. The maximum Gasteiger partial charge on any atom is 0.265 e. The van der Waals surface area contributed by atoms with Crippen molar-refractivity contribution in [1.29, 1.82) is 0 Å². The van der Waals surface area contributed by atoms with E-state index in [0.717, 1.165) is 14.7 Å². The molecule has 0 atom stereocenters. The first kappa shape index (κ1) is 50.0. The number of rotatable bonds is 27. The van der Waals surface area contributed by atoms with E-state index >= 15 is 0 Å². The molecule has 0 aromatic carbocycles. The highest BCUT2D eigenvalue weighted by molar-refractivity contribution is 5.87. The molecular weight excluding hydrogens is 756 g/mol. The van der Waals surface area contributed by atoms with Crippen molar-refractivity contribution < 1.29 is 60.0 Å². The summed E-state index contributed by atoms with van der Waals surface area (Å²) in [7, 11) is 0. The van der Waals surface area contributed by atoms with Crippen molar-refractivity contribution in [3.8, 4) is 0 Å². The van der Waals surface area contributed by atoms with E-state index in [9.17, 15) is 60.0 Å². The lowest BCUT2D eigenvalue weighted by Crippen LogP contribution is -2.48. The topological polar surface area (TPSA) is 292 Å². The molecule has 1 heterocycles. The van der Waals surface area contributed by atoms with Crippen molar-refractivity contribution >= 4 is 53.3 Å². The fraction of sp³-hybridized carbons (Fsp3) is 0.727. The van der Waals surface area contributed by atoms with Gasteiger partial charge in [0.25, 0.3) is 35.4 Å². The van der Waals surface area contributed by atoms with Gasteiger partial charge in [0.05, 0.1) is 0 Å². The summed E-state index contributed by atoms with van der Waals surface area (Å²) in [6, 6.07) is 0. The highest BCUT2D eigenvalue weighted by Crippen LogP contribution is 2.21. The first-order chi connectivity index (χ1) is 27.0. The SMILES string of the molecule is CCCN(O)C(=O)CN(CC(=O)N(O)CCC)c1nc(N(CC(=O)N(O)CCC)CC(=O)N(O)CCC)nc(N(CC(=O)N(O)CCC)CC(=O)N(O)CCC)n1. The van der Waals surface area contributed by atoms with Gasteiger partial charge in [0.2, 0.25) is 17.8 Å². The number of hydroxylamine groups is 12. The lowest BCUT2D eigenvalue weighted by molar-refractivity contribution is -0.166. The molecule has 0 aliphatic rings. The Morgan fingerprint density at radius 3 is 0.596 bits per heavy atom. The van der Waals surface area contributed by atoms with Gasteiger partial charge < -0.3 is 14.7 Å². The predicted octanol–water partition coefficient (Wildman–Crippen LogP) is 0.0576. The Morgan fingerprint density at radius 1 is 0.333 bits per heavy atom. The molecule has 1 aromatic rings. The Kier molecular flexibility index (Phi) is 22.8. The van der Waals surface area contributed by atoms with E-state index in [1.165, 1.54) is 0 Å². The van der Waals surface area contributed by atoms with Gasteiger partial charge in [-0.2, -0.15) is 15.0 Å². The second-order valence-electron chi connectivity index (χ2n) is 12.9. The first-order valence-corrected chi connectivity index (χ1v) is 18.9. The van der Waals surface area contributed by atoms with Gasteiger partial charge in [0.15, 0.2) is 0 Å². The molecule has 57 heavy (non-hydrogen) atoms. The van der Waals surface area contributed by atoms with Crippen LogP contribution >= 0.6 is 0 Å². The van der Waals surface area contributed by atoms with Crippen LogP contribution in [0.4, 0.5) is 17.8 Å². The molecule has 0 saturated carbocycles. The highest BCUT2D eigenvalue weighted by atomic mass is 16.5. The Labute approximate surface area is 331 Å². The molecule has 6 N–H and O–H groups in total. The van der Waals surface area contributed by atoms with Crippen LogP contribution in [0.25, 0.3) is 0 Å². The highest BCUT2D eigenvalue weighted by Gasteiger charge is 2.31. The van der Waals surface area contributed by atoms with Crippen LogP contribution in [0, 0.1) is 0 Å². The number of nitrogens with zero attached hydrogens (tertiary/aromatic N) is 12. The van der Waals surface area contributed by atoms with E-state index in [0.29, 0.717) is 68.9 Å². The Bertz CT molecular complexity index is 1200. The normalized spacial score (nSPS) is 10.7. The third-order valence-electron chi connectivity index (χ3n) is 7.75. The molecule has 0 unspecified atom stereocenters. The molecule has 0 bridgehead atoms. The molecular formula is C33H60N12O12. The van der Waals surface area contributed by atoms with E-state index < -0.39 is 92.6 Å². The molecule has 0 aliphatic heterocycles. The zero-order valence-electron chi connectivity index (χ0n) is 33.7. The second kappa shape index (κ2) is 26.0. The maximum atomic E-state index is 13.2. The van der Waals surface area contributed by atoms with E-state index in [2.05, 4.69) is 15.0 Å². The van der Waals surface area contributed by atoms with Gasteiger partial charge in [0.1, 0.15) is 39.3 Å². The zero-order chi connectivity index (χ0) is 43.2. The number of carbonyl (C=O) groups is 6. The summed E-state index contributed by atoms with van der Waals surface area (Å²) in [5.74, 6) is -7.38. The number of carbonyl (C=O) groups excluding carboxylic acids is 6. The van der Waals surface area contributed by atoms with Gasteiger partial charge in [-0.05, 0) is 38.5 Å². The molecule has 0 saturated heterocycles. The van der Waals surface area contributed by atoms with Crippen molar-refractivity contribution in [2.24, 2.45) is 0 Å². The Morgan fingerprint density at radius 2 is 0.474 bits per heavy atom. The van der Waals surface area contributed by atoms with E-state index in [1.54, 1.807) is 41.5 Å². The maximum absolute atomic E-state index is 13.2. The van der Waals surface area contributed by atoms with Crippen LogP contribution in [-0.2, 0) is 28.8 Å². The predicted molar refractivity (Wildman–Crippen MR) is 199 cm³/mol. The molecule has 0 aliphatic carbocycles. The van der Waals surface area contributed by atoms with Crippen molar-refractivity contribution in [2.75, 3.05) is 93.2 Å².